The Kier molecular flexibility index (Phi) is 7.78. The van der Waals surface area contributed by atoms with Crippen molar-refractivity contribution in [2.24, 2.45) is 5.73 Å². The van der Waals surface area contributed by atoms with Crippen molar-refractivity contribution < 1.29 is 9.47 Å². The van der Waals surface area contributed by atoms with Crippen molar-refractivity contribution >= 4 is 12.4 Å². The maximum absolute atomic E-state index is 6.18. The molecule has 1 atom stereocenters. The molecule has 0 aliphatic carbocycles. The van der Waals surface area contributed by atoms with Gasteiger partial charge in [0.15, 0.2) is 11.5 Å². The van der Waals surface area contributed by atoms with Gasteiger partial charge >= 0.3 is 0 Å². The SMILES string of the molecule is CCC[C@@H](N)c1ccc(OC)c(OCc2ccccc2)c1.Cl. The molecule has 120 valence electrons. The molecule has 0 aliphatic heterocycles. The van der Waals surface area contributed by atoms with Gasteiger partial charge in [-0.3, -0.25) is 0 Å². The second kappa shape index (κ2) is 9.34. The van der Waals surface area contributed by atoms with E-state index in [-0.39, 0.29) is 18.4 Å². The maximum atomic E-state index is 6.18. The molecule has 2 N–H and O–H groups in total. The minimum absolute atomic E-state index is 0. The normalized spacial score (nSPS) is 11.4. The Hall–Kier alpha value is -1.71. The van der Waals surface area contributed by atoms with Crippen molar-refractivity contribution in [3.63, 3.8) is 0 Å². The summed E-state index contributed by atoms with van der Waals surface area (Å²) in [7, 11) is 1.65. The van der Waals surface area contributed by atoms with Crippen molar-refractivity contribution in [3.05, 3.63) is 59.7 Å². The zero-order valence-electron chi connectivity index (χ0n) is 13.1. The van der Waals surface area contributed by atoms with Crippen LogP contribution in [0.15, 0.2) is 48.5 Å². The van der Waals surface area contributed by atoms with Crippen molar-refractivity contribution in [2.45, 2.75) is 32.4 Å². The summed E-state index contributed by atoms with van der Waals surface area (Å²) >= 11 is 0. The molecule has 0 heterocycles. The lowest BCUT2D eigenvalue weighted by molar-refractivity contribution is 0.284. The zero-order valence-corrected chi connectivity index (χ0v) is 13.9. The number of hydrogen-bond donors (Lipinski definition) is 1. The highest BCUT2D eigenvalue weighted by molar-refractivity contribution is 5.85. The van der Waals surface area contributed by atoms with E-state index >= 15 is 0 Å². The first kappa shape index (κ1) is 18.3. The third-order valence-electron chi connectivity index (χ3n) is 3.45. The van der Waals surface area contributed by atoms with Gasteiger partial charge in [0.25, 0.3) is 0 Å². The largest absolute Gasteiger partial charge is 0.493 e. The van der Waals surface area contributed by atoms with Crippen molar-refractivity contribution in [1.82, 2.24) is 0 Å². The van der Waals surface area contributed by atoms with Crippen molar-refractivity contribution in [3.8, 4) is 11.5 Å². The first-order valence-electron chi connectivity index (χ1n) is 7.34. The molecule has 22 heavy (non-hydrogen) atoms. The second-order valence-corrected chi connectivity index (χ2v) is 5.08. The average Bonchev–Trinajstić information content (AvgIpc) is 2.54. The van der Waals surface area contributed by atoms with Crippen molar-refractivity contribution in [1.29, 1.82) is 0 Å². The predicted molar refractivity (Wildman–Crippen MR) is 92.9 cm³/mol. The van der Waals surface area contributed by atoms with Crippen LogP contribution >= 0.6 is 12.4 Å². The maximum Gasteiger partial charge on any atom is 0.161 e. The van der Waals surface area contributed by atoms with Crippen LogP contribution in [0, 0.1) is 0 Å². The Labute approximate surface area is 138 Å². The van der Waals surface area contributed by atoms with E-state index < -0.39 is 0 Å². The quantitative estimate of drug-likeness (QED) is 0.816. The molecule has 0 aliphatic rings. The molecule has 4 heteroatoms. The standard InChI is InChI=1S/C18H23NO2.ClH/c1-3-7-16(19)15-10-11-17(20-2)18(12-15)21-13-14-8-5-4-6-9-14;/h4-6,8-12,16H,3,7,13,19H2,1-2H3;1H/t16-;/m1./s1. The predicted octanol–water partition coefficient (Wildman–Crippen LogP) is 4.50. The molecular formula is C18H24ClNO2. The smallest absolute Gasteiger partial charge is 0.161 e. The minimum atomic E-state index is 0. The van der Waals surface area contributed by atoms with Gasteiger partial charge in [0, 0.05) is 6.04 Å². The Balaban J connectivity index is 0.00000242. The number of nitrogens with two attached hydrogens (primary N) is 1. The van der Waals surface area contributed by atoms with Gasteiger partial charge in [-0.15, -0.1) is 12.4 Å². The summed E-state index contributed by atoms with van der Waals surface area (Å²) in [5, 5.41) is 0. The lowest BCUT2D eigenvalue weighted by Gasteiger charge is -2.15. The van der Waals surface area contributed by atoms with E-state index in [1.54, 1.807) is 7.11 Å². The molecule has 0 saturated heterocycles. The molecule has 0 bridgehead atoms. The average molecular weight is 322 g/mol. The topological polar surface area (TPSA) is 44.5 Å². The Bertz CT molecular complexity index is 560. The summed E-state index contributed by atoms with van der Waals surface area (Å²) in [5.41, 5.74) is 8.39. The van der Waals surface area contributed by atoms with Gasteiger partial charge in [0.2, 0.25) is 0 Å². The highest BCUT2D eigenvalue weighted by Gasteiger charge is 2.10. The van der Waals surface area contributed by atoms with Crippen LogP contribution in [0.2, 0.25) is 0 Å². The molecule has 0 spiro atoms. The highest BCUT2D eigenvalue weighted by Crippen LogP contribution is 2.31. The number of methoxy groups -OCH3 is 1. The number of ether oxygens (including phenoxy) is 2. The van der Waals surface area contributed by atoms with Gasteiger partial charge in [-0.1, -0.05) is 49.7 Å². The van der Waals surface area contributed by atoms with E-state index in [0.29, 0.717) is 6.61 Å². The molecule has 3 nitrogen and oxygen atoms in total. The molecule has 2 aromatic rings. The van der Waals surface area contributed by atoms with E-state index in [2.05, 4.69) is 6.92 Å². The van der Waals surface area contributed by atoms with Gasteiger partial charge in [0.05, 0.1) is 7.11 Å². The number of halogens is 1. The highest BCUT2D eigenvalue weighted by atomic mass is 35.5. The monoisotopic (exact) mass is 321 g/mol. The molecule has 2 rings (SSSR count). The van der Waals surface area contributed by atoms with Gasteiger partial charge in [-0.05, 0) is 29.7 Å². The number of rotatable bonds is 7. The van der Waals surface area contributed by atoms with Crippen LogP contribution in [0.25, 0.3) is 0 Å². The van der Waals surface area contributed by atoms with E-state index in [0.717, 1.165) is 35.5 Å². The van der Waals surface area contributed by atoms with Crippen LogP contribution in [0.1, 0.15) is 36.9 Å². The third kappa shape index (κ3) is 4.93. The van der Waals surface area contributed by atoms with Crippen LogP contribution in [-0.4, -0.2) is 7.11 Å². The van der Waals surface area contributed by atoms with Crippen LogP contribution in [-0.2, 0) is 6.61 Å². The first-order valence-corrected chi connectivity index (χ1v) is 7.34. The minimum Gasteiger partial charge on any atom is -0.493 e. The fraction of sp³-hybridized carbons (Fsp3) is 0.333. The fourth-order valence-corrected chi connectivity index (χ4v) is 2.25. The van der Waals surface area contributed by atoms with Gasteiger partial charge in [0.1, 0.15) is 6.61 Å². The summed E-state index contributed by atoms with van der Waals surface area (Å²) in [6.45, 7) is 2.65. The van der Waals surface area contributed by atoms with Gasteiger partial charge < -0.3 is 15.2 Å². The lowest BCUT2D eigenvalue weighted by Crippen LogP contribution is -2.10. The van der Waals surface area contributed by atoms with Gasteiger partial charge in [-0.2, -0.15) is 0 Å². The summed E-state index contributed by atoms with van der Waals surface area (Å²) < 4.78 is 11.3. The molecule has 0 aromatic heterocycles. The van der Waals surface area contributed by atoms with E-state index in [1.165, 1.54) is 0 Å². The fourth-order valence-electron chi connectivity index (χ4n) is 2.25. The van der Waals surface area contributed by atoms with Crippen LogP contribution in [0.5, 0.6) is 11.5 Å². The molecular weight excluding hydrogens is 298 g/mol. The molecule has 0 unspecified atom stereocenters. The molecule has 0 amide bonds. The molecule has 0 saturated carbocycles. The summed E-state index contributed by atoms with van der Waals surface area (Å²) in [6.07, 6.45) is 2.03. The number of hydrogen-bond acceptors (Lipinski definition) is 3. The van der Waals surface area contributed by atoms with Crippen LogP contribution < -0.4 is 15.2 Å². The Morgan fingerprint density at radius 3 is 2.41 bits per heavy atom. The molecule has 0 fully saturated rings. The zero-order chi connectivity index (χ0) is 15.1. The Morgan fingerprint density at radius 1 is 1.05 bits per heavy atom. The lowest BCUT2D eigenvalue weighted by atomic mass is 10.0. The summed E-state index contributed by atoms with van der Waals surface area (Å²) in [6, 6.07) is 16.0. The van der Waals surface area contributed by atoms with Crippen LogP contribution in [0.3, 0.4) is 0 Å². The second-order valence-electron chi connectivity index (χ2n) is 5.08. The first-order chi connectivity index (χ1) is 10.2. The van der Waals surface area contributed by atoms with Crippen LogP contribution in [0.4, 0.5) is 0 Å². The van der Waals surface area contributed by atoms with Crippen molar-refractivity contribution in [2.75, 3.05) is 7.11 Å². The third-order valence-corrected chi connectivity index (χ3v) is 3.45. The summed E-state index contributed by atoms with van der Waals surface area (Å²) in [5.74, 6) is 1.48. The number of benzene rings is 2. The van der Waals surface area contributed by atoms with E-state index in [4.69, 9.17) is 15.2 Å². The van der Waals surface area contributed by atoms with E-state index in [9.17, 15) is 0 Å². The van der Waals surface area contributed by atoms with Gasteiger partial charge in [-0.25, -0.2) is 0 Å². The molecule has 2 aromatic carbocycles. The summed E-state index contributed by atoms with van der Waals surface area (Å²) in [4.78, 5) is 0. The molecule has 0 radical (unpaired) electrons. The Morgan fingerprint density at radius 2 is 1.77 bits per heavy atom. The van der Waals surface area contributed by atoms with E-state index in [1.807, 2.05) is 48.5 Å².